The molecule has 1 atom stereocenters. The number of nitrogens with zero attached hydrogens (tertiary/aromatic N) is 1. The van der Waals surface area contributed by atoms with Crippen molar-refractivity contribution in [1.82, 2.24) is 4.98 Å². The van der Waals surface area contributed by atoms with E-state index in [1.54, 1.807) is 26.3 Å². The normalized spacial score (nSPS) is 11.6. The highest BCUT2D eigenvalue weighted by Crippen LogP contribution is 2.14. The predicted octanol–water partition coefficient (Wildman–Crippen LogP) is 3.09. The summed E-state index contributed by atoms with van der Waals surface area (Å²) in [6.07, 6.45) is 2.62. The molecule has 1 amide bonds. The molecule has 0 bridgehead atoms. The van der Waals surface area contributed by atoms with Gasteiger partial charge in [0.2, 0.25) is 11.8 Å². The molecule has 0 aliphatic rings. The molecule has 2 rings (SSSR count). The van der Waals surface area contributed by atoms with Crippen molar-refractivity contribution in [3.63, 3.8) is 0 Å². The summed E-state index contributed by atoms with van der Waals surface area (Å²) in [4.78, 5) is 16.3. The lowest BCUT2D eigenvalue weighted by atomic mass is 10.1. The monoisotopic (exact) mass is 299 g/mol. The third-order valence-electron chi connectivity index (χ3n) is 3.35. The van der Waals surface area contributed by atoms with Gasteiger partial charge in [-0.1, -0.05) is 19.1 Å². The standard InChI is InChI=1S/C17H21N3O2/c1-4-13-5-7-14(8-6-13)20-17(21)12(2)19-15-9-10-16(22-3)18-11-15/h5-12,19H,4H2,1-3H3,(H,20,21)/t12-/m1/s1. The minimum atomic E-state index is -0.374. The molecular formula is C17H21N3O2. The van der Waals surface area contributed by atoms with Crippen molar-refractivity contribution >= 4 is 17.3 Å². The molecule has 2 aromatic rings. The van der Waals surface area contributed by atoms with E-state index in [1.807, 2.05) is 30.3 Å². The molecule has 2 N–H and O–H groups in total. The molecule has 0 fully saturated rings. The molecule has 22 heavy (non-hydrogen) atoms. The number of amides is 1. The highest BCUT2D eigenvalue weighted by Gasteiger charge is 2.13. The second-order valence-corrected chi connectivity index (χ2v) is 4.99. The lowest BCUT2D eigenvalue weighted by molar-refractivity contribution is -0.116. The van der Waals surface area contributed by atoms with Crippen LogP contribution in [0.4, 0.5) is 11.4 Å². The molecule has 1 heterocycles. The van der Waals surface area contributed by atoms with Crippen molar-refractivity contribution in [3.05, 3.63) is 48.2 Å². The van der Waals surface area contributed by atoms with E-state index < -0.39 is 0 Å². The number of pyridine rings is 1. The maximum Gasteiger partial charge on any atom is 0.246 e. The van der Waals surface area contributed by atoms with Gasteiger partial charge in [0, 0.05) is 11.8 Å². The SMILES string of the molecule is CCc1ccc(NC(=O)[C@@H](C)Nc2ccc(OC)nc2)cc1. The molecule has 1 aromatic heterocycles. The van der Waals surface area contributed by atoms with Crippen molar-refractivity contribution < 1.29 is 9.53 Å². The summed E-state index contributed by atoms with van der Waals surface area (Å²) in [5.74, 6) is 0.443. The van der Waals surface area contributed by atoms with E-state index in [9.17, 15) is 4.79 Å². The van der Waals surface area contributed by atoms with E-state index in [0.717, 1.165) is 17.8 Å². The van der Waals surface area contributed by atoms with Crippen LogP contribution in [-0.4, -0.2) is 24.0 Å². The number of anilines is 2. The molecule has 5 heteroatoms. The van der Waals surface area contributed by atoms with Gasteiger partial charge in [-0.25, -0.2) is 4.98 Å². The quantitative estimate of drug-likeness (QED) is 0.860. The Balaban J connectivity index is 1.92. The number of aryl methyl sites for hydroxylation is 1. The van der Waals surface area contributed by atoms with E-state index >= 15 is 0 Å². The highest BCUT2D eigenvalue weighted by atomic mass is 16.5. The molecule has 5 nitrogen and oxygen atoms in total. The van der Waals surface area contributed by atoms with E-state index in [1.165, 1.54) is 5.56 Å². The van der Waals surface area contributed by atoms with Gasteiger partial charge in [0.25, 0.3) is 0 Å². The second kappa shape index (κ2) is 7.45. The van der Waals surface area contributed by atoms with Gasteiger partial charge >= 0.3 is 0 Å². The van der Waals surface area contributed by atoms with Crippen LogP contribution in [-0.2, 0) is 11.2 Å². The topological polar surface area (TPSA) is 63.2 Å². The third-order valence-corrected chi connectivity index (χ3v) is 3.35. The van der Waals surface area contributed by atoms with Crippen LogP contribution in [0.3, 0.4) is 0 Å². The summed E-state index contributed by atoms with van der Waals surface area (Å²) >= 11 is 0. The third kappa shape index (κ3) is 4.22. The summed E-state index contributed by atoms with van der Waals surface area (Å²) in [6.45, 7) is 3.91. The molecule has 0 aliphatic heterocycles. The van der Waals surface area contributed by atoms with E-state index in [0.29, 0.717) is 5.88 Å². The largest absolute Gasteiger partial charge is 0.481 e. The first-order valence-electron chi connectivity index (χ1n) is 7.28. The Bertz CT molecular complexity index is 609. The maximum absolute atomic E-state index is 12.2. The van der Waals surface area contributed by atoms with Gasteiger partial charge in [0.15, 0.2) is 0 Å². The van der Waals surface area contributed by atoms with E-state index in [-0.39, 0.29) is 11.9 Å². The lowest BCUT2D eigenvalue weighted by Gasteiger charge is -2.15. The fourth-order valence-corrected chi connectivity index (χ4v) is 1.98. The minimum absolute atomic E-state index is 0.0972. The van der Waals surface area contributed by atoms with Gasteiger partial charge in [0.05, 0.1) is 19.0 Å². The zero-order valence-corrected chi connectivity index (χ0v) is 13.1. The lowest BCUT2D eigenvalue weighted by Crippen LogP contribution is -2.31. The Morgan fingerprint density at radius 2 is 1.86 bits per heavy atom. The fraction of sp³-hybridized carbons (Fsp3) is 0.294. The average molecular weight is 299 g/mol. The summed E-state index contributed by atoms with van der Waals surface area (Å²) in [5.41, 5.74) is 2.81. The number of rotatable bonds is 6. The predicted molar refractivity (Wildman–Crippen MR) is 88.3 cm³/mol. The molecule has 1 aromatic carbocycles. The zero-order valence-electron chi connectivity index (χ0n) is 13.1. The van der Waals surface area contributed by atoms with Gasteiger partial charge in [-0.2, -0.15) is 0 Å². The molecule has 0 saturated heterocycles. The van der Waals surface area contributed by atoms with Crippen LogP contribution in [0.25, 0.3) is 0 Å². The summed E-state index contributed by atoms with van der Waals surface area (Å²) in [7, 11) is 1.56. The Hall–Kier alpha value is -2.56. The van der Waals surface area contributed by atoms with Crippen molar-refractivity contribution in [2.24, 2.45) is 0 Å². The number of hydrogen-bond acceptors (Lipinski definition) is 4. The van der Waals surface area contributed by atoms with E-state index in [4.69, 9.17) is 4.74 Å². The van der Waals surface area contributed by atoms with Crippen molar-refractivity contribution in [3.8, 4) is 5.88 Å². The molecular weight excluding hydrogens is 278 g/mol. The summed E-state index contributed by atoms with van der Waals surface area (Å²) < 4.78 is 5.00. The molecule has 116 valence electrons. The second-order valence-electron chi connectivity index (χ2n) is 4.99. The van der Waals surface area contributed by atoms with Crippen LogP contribution in [0.15, 0.2) is 42.6 Å². The van der Waals surface area contributed by atoms with Gasteiger partial charge in [-0.3, -0.25) is 4.79 Å². The molecule has 0 spiro atoms. The molecule has 0 saturated carbocycles. The van der Waals surface area contributed by atoms with E-state index in [2.05, 4.69) is 22.5 Å². The van der Waals surface area contributed by atoms with Crippen LogP contribution < -0.4 is 15.4 Å². The average Bonchev–Trinajstić information content (AvgIpc) is 2.56. The molecule has 0 aliphatic carbocycles. The summed E-state index contributed by atoms with van der Waals surface area (Å²) in [5, 5.41) is 5.99. The van der Waals surface area contributed by atoms with Crippen LogP contribution in [0, 0.1) is 0 Å². The Labute approximate surface area is 130 Å². The summed E-state index contributed by atoms with van der Waals surface area (Å²) in [6, 6.07) is 11.1. The first kappa shape index (κ1) is 15.8. The molecule has 0 radical (unpaired) electrons. The maximum atomic E-state index is 12.2. The van der Waals surface area contributed by atoms with Crippen LogP contribution in [0.1, 0.15) is 19.4 Å². The van der Waals surface area contributed by atoms with Crippen molar-refractivity contribution in [2.45, 2.75) is 26.3 Å². The van der Waals surface area contributed by atoms with Crippen LogP contribution in [0.5, 0.6) is 5.88 Å². The van der Waals surface area contributed by atoms with Gasteiger partial charge in [-0.15, -0.1) is 0 Å². The van der Waals surface area contributed by atoms with Gasteiger partial charge in [0.1, 0.15) is 6.04 Å². The first-order chi connectivity index (χ1) is 10.6. The Morgan fingerprint density at radius 3 is 2.41 bits per heavy atom. The zero-order chi connectivity index (χ0) is 15.9. The van der Waals surface area contributed by atoms with Crippen LogP contribution in [0.2, 0.25) is 0 Å². The van der Waals surface area contributed by atoms with Gasteiger partial charge < -0.3 is 15.4 Å². The minimum Gasteiger partial charge on any atom is -0.481 e. The van der Waals surface area contributed by atoms with Crippen LogP contribution >= 0.6 is 0 Å². The first-order valence-corrected chi connectivity index (χ1v) is 7.28. The van der Waals surface area contributed by atoms with Crippen molar-refractivity contribution in [1.29, 1.82) is 0 Å². The van der Waals surface area contributed by atoms with Crippen molar-refractivity contribution in [2.75, 3.05) is 17.7 Å². The van der Waals surface area contributed by atoms with Gasteiger partial charge in [-0.05, 0) is 37.1 Å². The number of benzene rings is 1. The number of hydrogen-bond donors (Lipinski definition) is 2. The Morgan fingerprint density at radius 1 is 1.18 bits per heavy atom. The number of carbonyl (C=O) groups is 1. The number of aromatic nitrogens is 1. The number of nitrogens with one attached hydrogen (secondary N) is 2. The molecule has 0 unspecified atom stereocenters. The number of methoxy groups -OCH3 is 1. The smallest absolute Gasteiger partial charge is 0.246 e. The number of carbonyl (C=O) groups excluding carboxylic acids is 1. The fourth-order valence-electron chi connectivity index (χ4n) is 1.98. The Kier molecular flexibility index (Phi) is 5.36. The highest BCUT2D eigenvalue weighted by molar-refractivity contribution is 5.96. The number of ether oxygens (including phenoxy) is 1.